The molecule has 6 heteroatoms. The van der Waals surface area contributed by atoms with Gasteiger partial charge < -0.3 is 19.7 Å². The highest BCUT2D eigenvalue weighted by Gasteiger charge is 2.41. The Hall–Kier alpha value is -2.57. The summed E-state index contributed by atoms with van der Waals surface area (Å²) in [7, 11) is 3.57. The second kappa shape index (κ2) is 10.6. The first-order chi connectivity index (χ1) is 15.3. The van der Waals surface area contributed by atoms with E-state index in [0.717, 1.165) is 63.9 Å². The van der Waals surface area contributed by atoms with E-state index >= 15 is 0 Å². The van der Waals surface area contributed by atoms with Gasteiger partial charge in [0.2, 0.25) is 0 Å². The molecule has 4 rings (SSSR count). The van der Waals surface area contributed by atoms with Crippen molar-refractivity contribution in [2.75, 3.05) is 46.9 Å². The van der Waals surface area contributed by atoms with Crippen molar-refractivity contribution in [2.24, 2.45) is 4.99 Å². The summed E-state index contributed by atoms with van der Waals surface area (Å²) in [5.74, 6) is 1.88. The van der Waals surface area contributed by atoms with Crippen LogP contribution in [0.5, 0.6) is 5.75 Å². The number of methoxy groups -OCH3 is 1. The number of hydrogen-bond donors (Lipinski definition) is 1. The summed E-state index contributed by atoms with van der Waals surface area (Å²) < 4.78 is 11.4. The second-order valence-electron chi connectivity index (χ2n) is 8.26. The smallest absolute Gasteiger partial charge is 0.193 e. The molecule has 2 heterocycles. The maximum absolute atomic E-state index is 6.12. The number of nitrogens with one attached hydrogen (secondary N) is 1. The van der Waals surface area contributed by atoms with Gasteiger partial charge in [-0.25, -0.2) is 0 Å². The van der Waals surface area contributed by atoms with Gasteiger partial charge in [-0.2, -0.15) is 0 Å². The third kappa shape index (κ3) is 5.57. The highest BCUT2D eigenvalue weighted by molar-refractivity contribution is 5.80. The summed E-state index contributed by atoms with van der Waals surface area (Å²) in [5, 5.41) is 3.56. The first-order valence-corrected chi connectivity index (χ1v) is 11.2. The minimum absolute atomic E-state index is 0.246. The normalized spacial score (nSPS) is 21.7. The molecule has 0 amide bonds. The maximum Gasteiger partial charge on any atom is 0.193 e. The van der Waals surface area contributed by atoms with Crippen LogP contribution in [0.2, 0.25) is 0 Å². The van der Waals surface area contributed by atoms with Gasteiger partial charge in [0, 0.05) is 39.8 Å². The number of fused-ring (bicyclic) bond motifs is 1. The van der Waals surface area contributed by atoms with Crippen molar-refractivity contribution in [3.8, 4) is 5.75 Å². The van der Waals surface area contributed by atoms with Crippen molar-refractivity contribution in [1.29, 1.82) is 0 Å². The van der Waals surface area contributed by atoms with Crippen LogP contribution in [0.4, 0.5) is 0 Å². The Bertz CT molecular complexity index is 840. The van der Waals surface area contributed by atoms with Gasteiger partial charge in [-0.05, 0) is 36.1 Å². The van der Waals surface area contributed by atoms with Crippen molar-refractivity contribution in [3.05, 3.63) is 65.7 Å². The molecule has 2 unspecified atom stereocenters. The molecule has 0 radical (unpaired) electrons. The first kappa shape index (κ1) is 21.7. The SMILES string of the molecule is CN=C(NCCCc1ccc(OC)cc1)N1CC2OCCN(Cc3ccccc3)C2C1. The van der Waals surface area contributed by atoms with Crippen molar-refractivity contribution in [2.45, 2.75) is 31.5 Å². The van der Waals surface area contributed by atoms with Gasteiger partial charge >= 0.3 is 0 Å². The third-order valence-corrected chi connectivity index (χ3v) is 6.24. The van der Waals surface area contributed by atoms with Gasteiger partial charge in [-0.3, -0.25) is 9.89 Å². The van der Waals surface area contributed by atoms with E-state index in [-0.39, 0.29) is 6.10 Å². The molecule has 2 atom stereocenters. The van der Waals surface area contributed by atoms with Gasteiger partial charge in [0.15, 0.2) is 5.96 Å². The molecule has 2 aliphatic heterocycles. The minimum Gasteiger partial charge on any atom is -0.497 e. The second-order valence-corrected chi connectivity index (χ2v) is 8.26. The van der Waals surface area contributed by atoms with Crippen LogP contribution in [-0.4, -0.2) is 74.8 Å². The Morgan fingerprint density at radius 3 is 2.65 bits per heavy atom. The Labute approximate surface area is 185 Å². The molecule has 2 aliphatic rings. The molecule has 0 spiro atoms. The van der Waals surface area contributed by atoms with Crippen LogP contribution in [-0.2, 0) is 17.7 Å². The Morgan fingerprint density at radius 2 is 1.90 bits per heavy atom. The Morgan fingerprint density at radius 1 is 1.10 bits per heavy atom. The Balaban J connectivity index is 1.27. The third-order valence-electron chi connectivity index (χ3n) is 6.24. The molecule has 31 heavy (non-hydrogen) atoms. The number of benzene rings is 2. The zero-order valence-electron chi connectivity index (χ0n) is 18.7. The number of ether oxygens (including phenoxy) is 2. The highest BCUT2D eigenvalue weighted by atomic mass is 16.5. The fraction of sp³-hybridized carbons (Fsp3) is 0.480. The first-order valence-electron chi connectivity index (χ1n) is 11.2. The summed E-state index contributed by atoms with van der Waals surface area (Å²) in [6.07, 6.45) is 2.34. The van der Waals surface area contributed by atoms with Gasteiger partial charge in [0.1, 0.15) is 5.75 Å². The van der Waals surface area contributed by atoms with E-state index in [4.69, 9.17) is 9.47 Å². The van der Waals surface area contributed by atoms with Crippen LogP contribution >= 0.6 is 0 Å². The largest absolute Gasteiger partial charge is 0.497 e. The van der Waals surface area contributed by atoms with Crippen LogP contribution < -0.4 is 10.1 Å². The number of guanidine groups is 1. The number of aliphatic imine (C=N–C) groups is 1. The van der Waals surface area contributed by atoms with E-state index in [9.17, 15) is 0 Å². The molecular weight excluding hydrogens is 388 g/mol. The minimum atomic E-state index is 0.246. The molecule has 2 saturated heterocycles. The molecule has 2 fully saturated rings. The lowest BCUT2D eigenvalue weighted by Gasteiger charge is -2.36. The quantitative estimate of drug-likeness (QED) is 0.422. The van der Waals surface area contributed by atoms with E-state index in [1.165, 1.54) is 11.1 Å². The summed E-state index contributed by atoms with van der Waals surface area (Å²) in [6, 6.07) is 19.5. The number of nitrogens with zero attached hydrogens (tertiary/aromatic N) is 3. The monoisotopic (exact) mass is 422 g/mol. The van der Waals surface area contributed by atoms with Crippen LogP contribution in [0, 0.1) is 0 Å². The summed E-state index contributed by atoms with van der Waals surface area (Å²) in [4.78, 5) is 9.47. The lowest BCUT2D eigenvalue weighted by Crippen LogP contribution is -2.50. The number of likely N-dealkylation sites (tertiary alicyclic amines) is 1. The maximum atomic E-state index is 6.12. The van der Waals surface area contributed by atoms with Gasteiger partial charge in [-0.15, -0.1) is 0 Å². The van der Waals surface area contributed by atoms with E-state index in [0.29, 0.717) is 6.04 Å². The van der Waals surface area contributed by atoms with Crippen LogP contribution in [0.1, 0.15) is 17.5 Å². The molecule has 0 bridgehead atoms. The van der Waals surface area contributed by atoms with Gasteiger partial charge in [0.25, 0.3) is 0 Å². The lowest BCUT2D eigenvalue weighted by molar-refractivity contribution is -0.0502. The standard InChI is InChI=1S/C25H34N4O2/c1-26-25(27-14-6-9-20-10-12-22(30-2)13-11-20)29-18-23-24(19-29)31-16-15-28(23)17-21-7-4-3-5-8-21/h3-5,7-8,10-13,23-24H,6,9,14-19H2,1-2H3,(H,26,27). The topological polar surface area (TPSA) is 49.3 Å². The molecule has 0 aromatic heterocycles. The molecule has 1 N–H and O–H groups in total. The van der Waals surface area contributed by atoms with Gasteiger partial charge in [0.05, 0.1) is 25.9 Å². The number of rotatable bonds is 7. The van der Waals surface area contributed by atoms with Gasteiger partial charge in [-0.1, -0.05) is 42.5 Å². The van der Waals surface area contributed by atoms with Crippen LogP contribution in [0.3, 0.4) is 0 Å². The van der Waals surface area contributed by atoms with Crippen LogP contribution in [0.25, 0.3) is 0 Å². The zero-order valence-corrected chi connectivity index (χ0v) is 18.7. The average molecular weight is 423 g/mol. The molecule has 0 aliphatic carbocycles. The number of hydrogen-bond acceptors (Lipinski definition) is 4. The summed E-state index contributed by atoms with van der Waals surface area (Å²) >= 11 is 0. The fourth-order valence-corrected chi connectivity index (χ4v) is 4.56. The number of morpholine rings is 1. The zero-order chi connectivity index (χ0) is 21.5. The molecular formula is C25H34N4O2. The molecule has 2 aromatic carbocycles. The molecule has 2 aromatic rings. The average Bonchev–Trinajstić information content (AvgIpc) is 3.25. The summed E-state index contributed by atoms with van der Waals surface area (Å²) in [6.45, 7) is 5.52. The predicted octanol–water partition coefficient (Wildman–Crippen LogP) is 2.79. The van der Waals surface area contributed by atoms with E-state index in [1.54, 1.807) is 7.11 Å². The van der Waals surface area contributed by atoms with Crippen molar-refractivity contribution in [3.63, 3.8) is 0 Å². The lowest BCUT2D eigenvalue weighted by atomic mass is 10.1. The van der Waals surface area contributed by atoms with Crippen molar-refractivity contribution >= 4 is 5.96 Å². The van der Waals surface area contributed by atoms with E-state index < -0.39 is 0 Å². The van der Waals surface area contributed by atoms with E-state index in [1.807, 2.05) is 19.2 Å². The fourth-order valence-electron chi connectivity index (χ4n) is 4.56. The molecule has 0 saturated carbocycles. The number of aryl methyl sites for hydroxylation is 1. The molecule has 166 valence electrons. The summed E-state index contributed by atoms with van der Waals surface area (Å²) in [5.41, 5.74) is 2.69. The van der Waals surface area contributed by atoms with E-state index in [2.05, 4.69) is 62.6 Å². The highest BCUT2D eigenvalue weighted by Crippen LogP contribution is 2.24. The van der Waals surface area contributed by atoms with Crippen molar-refractivity contribution in [1.82, 2.24) is 15.1 Å². The van der Waals surface area contributed by atoms with Crippen LogP contribution in [0.15, 0.2) is 59.6 Å². The molecule has 6 nitrogen and oxygen atoms in total. The van der Waals surface area contributed by atoms with Crippen molar-refractivity contribution < 1.29 is 9.47 Å². The Kier molecular flexibility index (Phi) is 7.43. The predicted molar refractivity (Wildman–Crippen MR) is 125 cm³/mol.